The standard InChI is InChI=1S/C11H15N5S/c1-8(7-10(12)17)15(2)11-9-3-4-14-16(9)6-5-13-11/h3-6,8H,7H2,1-2H3,(H2,12,17). The lowest BCUT2D eigenvalue weighted by Crippen LogP contribution is -2.33. The molecule has 2 aromatic heterocycles. The number of nitrogens with zero attached hydrogens (tertiary/aromatic N) is 4. The molecule has 0 bridgehead atoms. The SMILES string of the molecule is CC(CC(N)=S)N(C)c1nccn2nccc12. The maximum absolute atomic E-state index is 5.57. The molecule has 0 radical (unpaired) electrons. The lowest BCUT2D eigenvalue weighted by molar-refractivity contribution is 0.705. The average molecular weight is 249 g/mol. The zero-order valence-corrected chi connectivity index (χ0v) is 10.7. The topological polar surface area (TPSA) is 59.5 Å². The number of thiocarbonyl (C=S) groups is 1. The average Bonchev–Trinajstić information content (AvgIpc) is 2.74. The highest BCUT2D eigenvalue weighted by molar-refractivity contribution is 7.80. The number of aromatic nitrogens is 3. The first kappa shape index (κ1) is 11.8. The molecule has 2 aromatic rings. The van der Waals surface area contributed by atoms with Crippen LogP contribution in [0.1, 0.15) is 13.3 Å². The molecule has 0 aliphatic rings. The Morgan fingerprint density at radius 2 is 2.35 bits per heavy atom. The first-order valence-electron chi connectivity index (χ1n) is 5.39. The first-order valence-corrected chi connectivity index (χ1v) is 5.80. The predicted molar refractivity (Wildman–Crippen MR) is 72.3 cm³/mol. The van der Waals surface area contributed by atoms with Crippen LogP contribution in [0.15, 0.2) is 24.7 Å². The molecular weight excluding hydrogens is 234 g/mol. The first-order chi connectivity index (χ1) is 8.09. The van der Waals surface area contributed by atoms with Gasteiger partial charge in [0.05, 0.1) is 11.2 Å². The molecule has 0 saturated carbocycles. The van der Waals surface area contributed by atoms with E-state index in [0.717, 1.165) is 11.3 Å². The Balaban J connectivity index is 2.32. The number of hydrogen-bond donors (Lipinski definition) is 1. The van der Waals surface area contributed by atoms with Crippen LogP contribution in [0.5, 0.6) is 0 Å². The molecule has 2 heterocycles. The summed E-state index contributed by atoms with van der Waals surface area (Å²) in [5, 5.41) is 4.18. The molecule has 1 atom stereocenters. The Kier molecular flexibility index (Phi) is 3.23. The second-order valence-electron chi connectivity index (χ2n) is 4.04. The summed E-state index contributed by atoms with van der Waals surface area (Å²) in [6, 6.07) is 2.15. The molecular formula is C11H15N5S. The van der Waals surface area contributed by atoms with Gasteiger partial charge in [-0.15, -0.1) is 0 Å². The van der Waals surface area contributed by atoms with E-state index in [9.17, 15) is 0 Å². The molecule has 0 spiro atoms. The minimum atomic E-state index is 0.209. The van der Waals surface area contributed by atoms with Gasteiger partial charge in [-0.1, -0.05) is 12.2 Å². The van der Waals surface area contributed by atoms with Crippen molar-refractivity contribution in [2.45, 2.75) is 19.4 Å². The van der Waals surface area contributed by atoms with E-state index in [1.54, 1.807) is 16.9 Å². The Morgan fingerprint density at radius 3 is 3.06 bits per heavy atom. The van der Waals surface area contributed by atoms with Crippen LogP contribution >= 0.6 is 12.2 Å². The van der Waals surface area contributed by atoms with E-state index < -0.39 is 0 Å². The summed E-state index contributed by atoms with van der Waals surface area (Å²) in [6.07, 6.45) is 5.99. The normalized spacial score (nSPS) is 12.6. The zero-order valence-electron chi connectivity index (χ0n) is 9.87. The quantitative estimate of drug-likeness (QED) is 0.826. The maximum atomic E-state index is 5.57. The number of hydrogen-bond acceptors (Lipinski definition) is 4. The largest absolute Gasteiger partial charge is 0.393 e. The summed E-state index contributed by atoms with van der Waals surface area (Å²) in [5.74, 6) is 0.883. The number of anilines is 1. The second kappa shape index (κ2) is 4.67. The maximum Gasteiger partial charge on any atom is 0.154 e. The van der Waals surface area contributed by atoms with Gasteiger partial charge < -0.3 is 10.6 Å². The summed E-state index contributed by atoms with van der Waals surface area (Å²) in [6.45, 7) is 2.07. The van der Waals surface area contributed by atoms with E-state index in [1.165, 1.54) is 0 Å². The Bertz CT molecular complexity index is 535. The summed E-state index contributed by atoms with van der Waals surface area (Å²) in [4.78, 5) is 6.97. The molecule has 5 nitrogen and oxygen atoms in total. The van der Waals surface area contributed by atoms with E-state index in [0.29, 0.717) is 11.4 Å². The van der Waals surface area contributed by atoms with Crippen molar-refractivity contribution in [2.75, 3.05) is 11.9 Å². The Labute approximate surface area is 105 Å². The predicted octanol–water partition coefficient (Wildman–Crippen LogP) is 1.23. The van der Waals surface area contributed by atoms with E-state index >= 15 is 0 Å². The van der Waals surface area contributed by atoms with Crippen molar-refractivity contribution in [3.8, 4) is 0 Å². The number of fused-ring (bicyclic) bond motifs is 1. The van der Waals surface area contributed by atoms with Crippen molar-refractivity contribution in [3.63, 3.8) is 0 Å². The summed E-state index contributed by atoms with van der Waals surface area (Å²) in [7, 11) is 1.98. The van der Waals surface area contributed by atoms with Gasteiger partial charge in [-0.05, 0) is 13.0 Å². The van der Waals surface area contributed by atoms with E-state index in [1.807, 2.05) is 19.3 Å². The molecule has 90 valence electrons. The van der Waals surface area contributed by atoms with Gasteiger partial charge in [0.25, 0.3) is 0 Å². The summed E-state index contributed by atoms with van der Waals surface area (Å²) in [5.41, 5.74) is 6.55. The molecule has 0 aliphatic heterocycles. The zero-order chi connectivity index (χ0) is 12.4. The fraction of sp³-hybridized carbons (Fsp3) is 0.364. The fourth-order valence-electron chi connectivity index (χ4n) is 1.75. The molecule has 0 aromatic carbocycles. The number of rotatable bonds is 4. The molecule has 0 amide bonds. The van der Waals surface area contributed by atoms with Crippen molar-refractivity contribution in [2.24, 2.45) is 5.73 Å². The molecule has 0 aliphatic carbocycles. The van der Waals surface area contributed by atoms with Crippen molar-refractivity contribution in [3.05, 3.63) is 24.7 Å². The van der Waals surface area contributed by atoms with Gasteiger partial charge in [0, 0.05) is 31.9 Å². The van der Waals surface area contributed by atoms with Crippen molar-refractivity contribution < 1.29 is 0 Å². The van der Waals surface area contributed by atoms with Crippen LogP contribution in [0.4, 0.5) is 5.82 Å². The monoisotopic (exact) mass is 249 g/mol. The molecule has 2 rings (SSSR count). The van der Waals surface area contributed by atoms with Crippen molar-refractivity contribution >= 4 is 28.5 Å². The van der Waals surface area contributed by atoms with E-state index in [-0.39, 0.29) is 6.04 Å². The van der Waals surface area contributed by atoms with Gasteiger partial charge in [0.15, 0.2) is 5.82 Å². The molecule has 17 heavy (non-hydrogen) atoms. The summed E-state index contributed by atoms with van der Waals surface area (Å²) < 4.78 is 1.80. The molecule has 0 fully saturated rings. The minimum absolute atomic E-state index is 0.209. The third-order valence-corrected chi connectivity index (χ3v) is 2.96. The second-order valence-corrected chi connectivity index (χ2v) is 4.57. The fourth-order valence-corrected chi connectivity index (χ4v) is 1.99. The lowest BCUT2D eigenvalue weighted by atomic mass is 10.2. The van der Waals surface area contributed by atoms with Crippen LogP contribution in [0, 0.1) is 0 Å². The van der Waals surface area contributed by atoms with E-state index in [4.69, 9.17) is 18.0 Å². The van der Waals surface area contributed by atoms with Gasteiger partial charge in [-0.2, -0.15) is 5.10 Å². The highest BCUT2D eigenvalue weighted by Crippen LogP contribution is 2.19. The Morgan fingerprint density at radius 1 is 1.59 bits per heavy atom. The van der Waals surface area contributed by atoms with Crippen molar-refractivity contribution in [1.82, 2.24) is 14.6 Å². The van der Waals surface area contributed by atoms with Crippen LogP contribution in [0.3, 0.4) is 0 Å². The van der Waals surface area contributed by atoms with Gasteiger partial charge in [-0.3, -0.25) is 0 Å². The third-order valence-electron chi connectivity index (χ3n) is 2.80. The van der Waals surface area contributed by atoms with Crippen LogP contribution in [-0.4, -0.2) is 32.7 Å². The smallest absolute Gasteiger partial charge is 0.154 e. The van der Waals surface area contributed by atoms with Crippen LogP contribution in [0.25, 0.3) is 5.52 Å². The van der Waals surface area contributed by atoms with Gasteiger partial charge >= 0.3 is 0 Å². The Hall–Kier alpha value is -1.69. The van der Waals surface area contributed by atoms with Gasteiger partial charge in [-0.25, -0.2) is 9.50 Å². The molecule has 1 unspecified atom stereocenters. The minimum Gasteiger partial charge on any atom is -0.393 e. The van der Waals surface area contributed by atoms with Gasteiger partial charge in [0.2, 0.25) is 0 Å². The van der Waals surface area contributed by atoms with Crippen LogP contribution < -0.4 is 10.6 Å². The van der Waals surface area contributed by atoms with E-state index in [2.05, 4.69) is 21.9 Å². The highest BCUT2D eigenvalue weighted by atomic mass is 32.1. The molecule has 2 N–H and O–H groups in total. The van der Waals surface area contributed by atoms with Crippen LogP contribution in [-0.2, 0) is 0 Å². The highest BCUT2D eigenvalue weighted by Gasteiger charge is 2.15. The molecule has 6 heteroatoms. The van der Waals surface area contributed by atoms with Crippen molar-refractivity contribution in [1.29, 1.82) is 0 Å². The van der Waals surface area contributed by atoms with Gasteiger partial charge in [0.1, 0.15) is 5.52 Å². The summed E-state index contributed by atoms with van der Waals surface area (Å²) >= 11 is 4.93. The lowest BCUT2D eigenvalue weighted by Gasteiger charge is -2.25. The number of nitrogens with two attached hydrogens (primary N) is 1. The molecule has 0 saturated heterocycles. The van der Waals surface area contributed by atoms with Crippen LogP contribution in [0.2, 0.25) is 0 Å². The third kappa shape index (κ3) is 2.36.